The number of amides is 3. The van der Waals surface area contributed by atoms with E-state index in [0.717, 1.165) is 0 Å². The van der Waals surface area contributed by atoms with E-state index in [-0.39, 0.29) is 31.1 Å². The molecular weight excluding hydrogens is 478 g/mol. The fourth-order valence-corrected chi connectivity index (χ4v) is 2.95. The van der Waals surface area contributed by atoms with Crippen LogP contribution in [-0.4, -0.2) is 82.2 Å². The van der Waals surface area contributed by atoms with E-state index in [4.69, 9.17) is 22.3 Å². The van der Waals surface area contributed by atoms with Crippen molar-refractivity contribution in [2.24, 2.45) is 22.2 Å². The average Bonchev–Trinajstić information content (AvgIpc) is 2.79. The molecule has 198 valence electrons. The topological polar surface area (TPSA) is 273 Å². The Hall–Kier alpha value is -4.40. The predicted octanol–water partition coefficient (Wildman–Crippen LogP) is -3.04. The Kier molecular flexibility index (Phi) is 12.2. The number of nitrogens with zero attached hydrogens (tertiary/aromatic N) is 1. The Morgan fingerprint density at radius 1 is 0.889 bits per heavy atom. The molecule has 36 heavy (non-hydrogen) atoms. The predicted molar refractivity (Wildman–Crippen MR) is 126 cm³/mol. The number of phenols is 1. The van der Waals surface area contributed by atoms with Gasteiger partial charge in [0.2, 0.25) is 17.7 Å². The number of carbonyl (C=O) groups is 5. The summed E-state index contributed by atoms with van der Waals surface area (Å²) >= 11 is 0. The summed E-state index contributed by atoms with van der Waals surface area (Å²) in [5.41, 5.74) is 16.7. The summed E-state index contributed by atoms with van der Waals surface area (Å²) in [5, 5.41) is 34.2. The first-order valence-electron chi connectivity index (χ1n) is 10.8. The zero-order chi connectivity index (χ0) is 27.3. The normalized spacial score (nSPS) is 12.9. The Morgan fingerprint density at radius 3 is 2.06 bits per heavy atom. The summed E-state index contributed by atoms with van der Waals surface area (Å²) < 4.78 is 0. The number of carboxylic acid groups (broad SMARTS) is 2. The van der Waals surface area contributed by atoms with E-state index >= 15 is 0 Å². The molecule has 0 saturated heterocycles. The number of hydrogen-bond donors (Lipinski definition) is 9. The second-order valence-corrected chi connectivity index (χ2v) is 7.76. The maximum Gasteiger partial charge on any atom is 0.322 e. The third-order valence-corrected chi connectivity index (χ3v) is 4.74. The number of aromatic hydroxyl groups is 1. The van der Waals surface area contributed by atoms with Gasteiger partial charge in [-0.05, 0) is 30.5 Å². The number of carboxylic acids is 2. The molecule has 1 aromatic rings. The van der Waals surface area contributed by atoms with E-state index in [0.29, 0.717) is 12.0 Å². The summed E-state index contributed by atoms with van der Waals surface area (Å²) in [5.74, 6) is -5.52. The van der Waals surface area contributed by atoms with Crippen LogP contribution in [0.25, 0.3) is 0 Å². The van der Waals surface area contributed by atoms with Crippen LogP contribution in [0.15, 0.2) is 29.3 Å². The van der Waals surface area contributed by atoms with Crippen LogP contribution in [0.3, 0.4) is 0 Å². The molecule has 0 aliphatic heterocycles. The zero-order valence-corrected chi connectivity index (χ0v) is 19.3. The van der Waals surface area contributed by atoms with Crippen molar-refractivity contribution in [3.05, 3.63) is 29.8 Å². The fraction of sp³-hybridized carbons (Fsp3) is 0.429. The molecule has 3 amide bonds. The summed E-state index contributed by atoms with van der Waals surface area (Å²) in [6.07, 6.45) is -0.428. The number of hydrogen-bond acceptors (Lipinski definition) is 8. The smallest absolute Gasteiger partial charge is 0.322 e. The van der Waals surface area contributed by atoms with Gasteiger partial charge in [-0.25, -0.2) is 0 Å². The monoisotopic (exact) mass is 509 g/mol. The molecule has 0 radical (unpaired) electrons. The molecule has 3 unspecified atom stereocenters. The number of rotatable bonds is 15. The van der Waals surface area contributed by atoms with Gasteiger partial charge in [-0.2, -0.15) is 0 Å². The Labute approximate surface area is 206 Å². The van der Waals surface area contributed by atoms with Crippen LogP contribution >= 0.6 is 0 Å². The fourth-order valence-electron chi connectivity index (χ4n) is 2.95. The van der Waals surface area contributed by atoms with Gasteiger partial charge in [0, 0.05) is 13.0 Å². The zero-order valence-electron chi connectivity index (χ0n) is 19.3. The Balaban J connectivity index is 2.94. The summed E-state index contributed by atoms with van der Waals surface area (Å²) in [4.78, 5) is 63.7. The van der Waals surface area contributed by atoms with Crippen LogP contribution in [0, 0.1) is 0 Å². The molecule has 0 saturated carbocycles. The van der Waals surface area contributed by atoms with Crippen molar-refractivity contribution in [3.63, 3.8) is 0 Å². The van der Waals surface area contributed by atoms with Gasteiger partial charge >= 0.3 is 11.9 Å². The lowest BCUT2D eigenvalue weighted by atomic mass is 10.0. The highest BCUT2D eigenvalue weighted by atomic mass is 16.4. The third-order valence-electron chi connectivity index (χ3n) is 4.74. The number of aliphatic imine (C=N–C) groups is 1. The second kappa shape index (κ2) is 14.8. The highest BCUT2D eigenvalue weighted by Gasteiger charge is 2.30. The first-order valence-corrected chi connectivity index (χ1v) is 10.8. The highest BCUT2D eigenvalue weighted by Crippen LogP contribution is 2.12. The van der Waals surface area contributed by atoms with E-state index in [2.05, 4.69) is 20.9 Å². The van der Waals surface area contributed by atoms with Crippen molar-refractivity contribution < 1.29 is 39.3 Å². The van der Waals surface area contributed by atoms with Gasteiger partial charge in [0.05, 0.1) is 12.5 Å². The molecule has 0 bridgehead atoms. The number of nitrogens with one attached hydrogen (secondary N) is 3. The van der Waals surface area contributed by atoms with E-state index in [1.165, 1.54) is 24.3 Å². The van der Waals surface area contributed by atoms with Crippen molar-refractivity contribution in [3.8, 4) is 5.75 Å². The van der Waals surface area contributed by atoms with Crippen LogP contribution < -0.4 is 33.2 Å². The molecule has 3 atom stereocenters. The number of carbonyl (C=O) groups excluding carboxylic acids is 3. The lowest BCUT2D eigenvalue weighted by molar-refractivity contribution is -0.141. The third kappa shape index (κ3) is 11.6. The highest BCUT2D eigenvalue weighted by molar-refractivity contribution is 5.95. The molecule has 0 fully saturated rings. The van der Waals surface area contributed by atoms with Crippen LogP contribution in [0.1, 0.15) is 24.8 Å². The minimum Gasteiger partial charge on any atom is -0.508 e. The molecule has 0 aliphatic rings. The number of nitrogens with two attached hydrogens (primary N) is 3. The van der Waals surface area contributed by atoms with Gasteiger partial charge in [-0.15, -0.1) is 0 Å². The molecule has 0 spiro atoms. The van der Waals surface area contributed by atoms with Crippen LogP contribution in [0.2, 0.25) is 0 Å². The molecule has 0 aromatic heterocycles. The first-order chi connectivity index (χ1) is 16.9. The van der Waals surface area contributed by atoms with E-state index in [9.17, 15) is 34.2 Å². The molecule has 15 heteroatoms. The van der Waals surface area contributed by atoms with Crippen LogP contribution in [0.4, 0.5) is 0 Å². The minimum atomic E-state index is -1.58. The van der Waals surface area contributed by atoms with Crippen LogP contribution in [-0.2, 0) is 30.4 Å². The largest absolute Gasteiger partial charge is 0.508 e. The second-order valence-electron chi connectivity index (χ2n) is 7.76. The summed E-state index contributed by atoms with van der Waals surface area (Å²) in [6.45, 7) is -0.502. The number of phenolic OH excluding ortho intramolecular Hbond substituents is 1. The maximum absolute atomic E-state index is 12.9. The van der Waals surface area contributed by atoms with Gasteiger partial charge in [-0.3, -0.25) is 29.0 Å². The van der Waals surface area contributed by atoms with Gasteiger partial charge in [-0.1, -0.05) is 12.1 Å². The molecule has 0 aliphatic carbocycles. The Bertz CT molecular complexity index is 964. The van der Waals surface area contributed by atoms with Crippen LogP contribution in [0.5, 0.6) is 5.75 Å². The molecular formula is C21H31N7O8. The Morgan fingerprint density at radius 2 is 1.50 bits per heavy atom. The number of guanidine groups is 1. The summed E-state index contributed by atoms with van der Waals surface area (Å²) in [6, 6.07) is 1.69. The van der Waals surface area contributed by atoms with Gasteiger partial charge in [0.25, 0.3) is 0 Å². The average molecular weight is 510 g/mol. The molecule has 12 N–H and O–H groups in total. The molecule has 15 nitrogen and oxygen atoms in total. The number of aliphatic carboxylic acids is 2. The van der Waals surface area contributed by atoms with Gasteiger partial charge in [0.1, 0.15) is 24.4 Å². The van der Waals surface area contributed by atoms with E-state index in [1.807, 2.05) is 0 Å². The van der Waals surface area contributed by atoms with Gasteiger partial charge < -0.3 is 48.5 Å². The van der Waals surface area contributed by atoms with Crippen molar-refractivity contribution in [1.82, 2.24) is 16.0 Å². The molecule has 1 aromatic carbocycles. The number of benzene rings is 1. The molecule has 1 rings (SSSR count). The van der Waals surface area contributed by atoms with Gasteiger partial charge in [0.15, 0.2) is 5.96 Å². The molecule has 0 heterocycles. The van der Waals surface area contributed by atoms with Crippen molar-refractivity contribution >= 4 is 35.6 Å². The maximum atomic E-state index is 12.9. The summed E-state index contributed by atoms with van der Waals surface area (Å²) in [7, 11) is 0. The van der Waals surface area contributed by atoms with E-state index < -0.39 is 60.8 Å². The quantitative estimate of drug-likeness (QED) is 0.0651. The lowest BCUT2D eigenvalue weighted by Crippen LogP contribution is -2.57. The SMILES string of the molecule is NC(N)=NCCCC(N)C(=O)NC(CC(=O)O)C(=O)NC(Cc1ccc(O)cc1)C(=O)NCC(=O)O. The standard InChI is InChI=1S/C21H31N7O8/c22-13(2-1-7-25-21(23)24)18(34)27-15(9-16(30)31)20(36)28-14(19(35)26-10-17(32)33)8-11-3-5-12(29)6-4-11/h3-6,13-15,29H,1-2,7-10,22H2,(H,26,35)(H,27,34)(H,28,36)(H,30,31)(H,32,33)(H4,23,24,25). The minimum absolute atomic E-state index is 0.0338. The van der Waals surface area contributed by atoms with Crippen molar-refractivity contribution in [2.45, 2.75) is 43.8 Å². The lowest BCUT2D eigenvalue weighted by Gasteiger charge is -2.23. The van der Waals surface area contributed by atoms with Crippen molar-refractivity contribution in [1.29, 1.82) is 0 Å². The first kappa shape index (κ1) is 29.6. The van der Waals surface area contributed by atoms with Crippen molar-refractivity contribution in [2.75, 3.05) is 13.1 Å². The van der Waals surface area contributed by atoms with E-state index in [1.54, 1.807) is 0 Å².